The first-order valence-corrected chi connectivity index (χ1v) is 15.5. The summed E-state index contributed by atoms with van der Waals surface area (Å²) in [6.07, 6.45) is 8.73. The van der Waals surface area contributed by atoms with Crippen molar-refractivity contribution in [3.63, 3.8) is 0 Å². The molecule has 0 bridgehead atoms. The molecule has 0 radical (unpaired) electrons. The van der Waals surface area contributed by atoms with Crippen molar-refractivity contribution in [1.29, 1.82) is 0 Å². The maximum atomic E-state index is 6.38. The normalized spacial score (nSPS) is 15.0. The van der Waals surface area contributed by atoms with Crippen molar-refractivity contribution in [2.75, 3.05) is 11.5 Å². The van der Waals surface area contributed by atoms with Crippen molar-refractivity contribution in [2.45, 2.75) is 85.0 Å². The molecule has 5 rings (SSSR count). The molecule has 4 N–H and O–H groups in total. The van der Waals surface area contributed by atoms with Crippen molar-refractivity contribution in [3.8, 4) is 23.0 Å². The van der Waals surface area contributed by atoms with Gasteiger partial charge in [-0.2, -0.15) is 0 Å². The van der Waals surface area contributed by atoms with Gasteiger partial charge in [0.05, 0.1) is 0 Å². The highest BCUT2D eigenvalue weighted by Crippen LogP contribution is 2.50. The summed E-state index contributed by atoms with van der Waals surface area (Å²) in [5, 5.41) is 0. The zero-order chi connectivity index (χ0) is 29.9. The molecule has 4 aromatic carbocycles. The number of aryl methyl sites for hydroxylation is 4. The average molecular weight is 563 g/mol. The van der Waals surface area contributed by atoms with Crippen LogP contribution < -0.4 is 20.9 Å². The number of unbranched alkanes of at least 4 members (excludes halogenated alkanes) is 1. The number of rotatable bonds is 9. The summed E-state index contributed by atoms with van der Waals surface area (Å²) >= 11 is 0. The van der Waals surface area contributed by atoms with Gasteiger partial charge in [0.2, 0.25) is 0 Å². The number of nitrogens with two attached hydrogens (primary N) is 2. The Bertz CT molecular complexity index is 1360. The first-order chi connectivity index (χ1) is 20.2. The summed E-state index contributed by atoms with van der Waals surface area (Å²) in [4.78, 5) is 0. The molecule has 42 heavy (non-hydrogen) atoms. The third-order valence-electron chi connectivity index (χ3n) is 9.15. The molecule has 1 aliphatic rings. The van der Waals surface area contributed by atoms with Gasteiger partial charge in [0.1, 0.15) is 23.0 Å². The predicted molar refractivity (Wildman–Crippen MR) is 176 cm³/mol. The number of benzene rings is 4. The van der Waals surface area contributed by atoms with E-state index in [0.717, 1.165) is 75.4 Å². The Morgan fingerprint density at radius 1 is 0.643 bits per heavy atom. The van der Waals surface area contributed by atoms with Crippen molar-refractivity contribution in [3.05, 3.63) is 106 Å². The van der Waals surface area contributed by atoms with E-state index in [1.807, 2.05) is 48.5 Å². The van der Waals surface area contributed by atoms with E-state index in [1.165, 1.54) is 43.2 Å². The van der Waals surface area contributed by atoms with Crippen LogP contribution in [0.15, 0.2) is 72.8 Å². The van der Waals surface area contributed by atoms with Gasteiger partial charge in [-0.3, -0.25) is 0 Å². The lowest BCUT2D eigenvalue weighted by atomic mass is 9.62. The monoisotopic (exact) mass is 562 g/mol. The lowest BCUT2D eigenvalue weighted by Crippen LogP contribution is -2.33. The quantitative estimate of drug-likeness (QED) is 0.199. The van der Waals surface area contributed by atoms with Gasteiger partial charge in [-0.1, -0.05) is 50.5 Å². The Kier molecular flexibility index (Phi) is 8.82. The fourth-order valence-corrected chi connectivity index (χ4v) is 6.78. The van der Waals surface area contributed by atoms with Gasteiger partial charge in [0.15, 0.2) is 0 Å². The van der Waals surface area contributed by atoms with Gasteiger partial charge in [-0.05, 0) is 141 Å². The smallest absolute Gasteiger partial charge is 0.133 e. The number of hydrogen-bond donors (Lipinski definition) is 2. The summed E-state index contributed by atoms with van der Waals surface area (Å²) in [5.74, 6) is 4.27. The first-order valence-electron chi connectivity index (χ1n) is 15.5. The van der Waals surface area contributed by atoms with Crippen LogP contribution in [0.4, 0.5) is 11.4 Å². The standard InChI is InChI=1S/C38H46N2O2/c1-6-7-8-29-17-19-38(20-18-29,30-21-25(2)36(26(3)22-30)41-34-13-9-32(39)10-14-34)31-23-27(4)37(28(5)24-31)42-35-15-11-33(40)12-16-35/h9-16,21-24,29H,6-8,17-20,39-40H2,1-5H3. The largest absolute Gasteiger partial charge is 0.457 e. The van der Waals surface area contributed by atoms with Crippen LogP contribution in [0.25, 0.3) is 0 Å². The number of hydrogen-bond acceptors (Lipinski definition) is 4. The number of ether oxygens (including phenoxy) is 2. The van der Waals surface area contributed by atoms with E-state index in [1.54, 1.807) is 0 Å². The van der Waals surface area contributed by atoms with Crippen LogP contribution in [0.2, 0.25) is 0 Å². The minimum absolute atomic E-state index is 0.0484. The van der Waals surface area contributed by atoms with E-state index in [9.17, 15) is 0 Å². The third-order valence-corrected chi connectivity index (χ3v) is 9.15. The Morgan fingerprint density at radius 2 is 1.02 bits per heavy atom. The highest BCUT2D eigenvalue weighted by Gasteiger charge is 2.39. The van der Waals surface area contributed by atoms with E-state index in [0.29, 0.717) is 0 Å². The van der Waals surface area contributed by atoms with Gasteiger partial charge in [0, 0.05) is 16.8 Å². The van der Waals surface area contributed by atoms with Gasteiger partial charge >= 0.3 is 0 Å². The Hall–Kier alpha value is -3.92. The summed E-state index contributed by atoms with van der Waals surface area (Å²) in [6.45, 7) is 11.0. The zero-order valence-corrected chi connectivity index (χ0v) is 25.9. The second-order valence-corrected chi connectivity index (χ2v) is 12.4. The van der Waals surface area contributed by atoms with Crippen LogP contribution in [0, 0.1) is 33.6 Å². The number of anilines is 2. The van der Waals surface area contributed by atoms with Crippen molar-refractivity contribution in [1.82, 2.24) is 0 Å². The molecule has 0 aromatic heterocycles. The molecule has 4 heteroatoms. The zero-order valence-electron chi connectivity index (χ0n) is 25.9. The van der Waals surface area contributed by atoms with Gasteiger partial charge in [-0.25, -0.2) is 0 Å². The van der Waals surface area contributed by atoms with Gasteiger partial charge in [0.25, 0.3) is 0 Å². The van der Waals surface area contributed by atoms with E-state index >= 15 is 0 Å². The highest BCUT2D eigenvalue weighted by atomic mass is 16.5. The topological polar surface area (TPSA) is 70.5 Å². The number of nitrogen functional groups attached to an aromatic ring is 2. The van der Waals surface area contributed by atoms with E-state index in [-0.39, 0.29) is 5.41 Å². The van der Waals surface area contributed by atoms with Crippen molar-refractivity contribution < 1.29 is 9.47 Å². The molecule has 0 saturated heterocycles. The lowest BCUT2D eigenvalue weighted by Gasteiger charge is -2.42. The molecule has 220 valence electrons. The summed E-state index contributed by atoms with van der Waals surface area (Å²) in [5.41, 5.74) is 20.6. The van der Waals surface area contributed by atoms with E-state index in [4.69, 9.17) is 20.9 Å². The Labute approximate surface area is 252 Å². The fourth-order valence-electron chi connectivity index (χ4n) is 6.78. The lowest BCUT2D eigenvalue weighted by molar-refractivity contribution is 0.251. The maximum absolute atomic E-state index is 6.38. The van der Waals surface area contributed by atoms with E-state index < -0.39 is 0 Å². The third kappa shape index (κ3) is 6.28. The van der Waals surface area contributed by atoms with Crippen LogP contribution in [-0.2, 0) is 5.41 Å². The Morgan fingerprint density at radius 3 is 1.38 bits per heavy atom. The van der Waals surface area contributed by atoms with Crippen LogP contribution in [0.1, 0.15) is 85.3 Å². The molecular formula is C38H46N2O2. The van der Waals surface area contributed by atoms with Crippen molar-refractivity contribution in [2.24, 2.45) is 5.92 Å². The molecular weight excluding hydrogens is 516 g/mol. The SMILES string of the molecule is CCCCC1CCC(c2cc(C)c(Oc3ccc(N)cc3)c(C)c2)(c2cc(C)c(Oc3ccc(N)cc3)c(C)c2)CC1. The van der Waals surface area contributed by atoms with Crippen LogP contribution in [-0.4, -0.2) is 0 Å². The fraction of sp³-hybridized carbons (Fsp3) is 0.368. The molecule has 1 saturated carbocycles. The molecule has 4 nitrogen and oxygen atoms in total. The molecule has 0 amide bonds. The predicted octanol–water partition coefficient (Wildman–Crippen LogP) is 10.3. The van der Waals surface area contributed by atoms with Gasteiger partial charge < -0.3 is 20.9 Å². The molecule has 4 aromatic rings. The van der Waals surface area contributed by atoms with Crippen LogP contribution >= 0.6 is 0 Å². The molecule has 1 fully saturated rings. The van der Waals surface area contributed by atoms with Crippen LogP contribution in [0.5, 0.6) is 23.0 Å². The second-order valence-electron chi connectivity index (χ2n) is 12.4. The van der Waals surface area contributed by atoms with E-state index in [2.05, 4.69) is 58.9 Å². The summed E-state index contributed by atoms with van der Waals surface area (Å²) in [6, 6.07) is 24.7. The summed E-state index contributed by atoms with van der Waals surface area (Å²) < 4.78 is 12.8. The Balaban J connectivity index is 1.52. The van der Waals surface area contributed by atoms with Crippen LogP contribution in [0.3, 0.4) is 0 Å². The van der Waals surface area contributed by atoms with Crippen molar-refractivity contribution >= 4 is 11.4 Å². The second kappa shape index (κ2) is 12.5. The molecule has 0 aliphatic heterocycles. The molecule has 0 spiro atoms. The van der Waals surface area contributed by atoms with Gasteiger partial charge in [-0.15, -0.1) is 0 Å². The molecule has 0 heterocycles. The minimum Gasteiger partial charge on any atom is -0.457 e. The molecule has 0 atom stereocenters. The minimum atomic E-state index is -0.0484. The molecule has 0 unspecified atom stereocenters. The maximum Gasteiger partial charge on any atom is 0.133 e. The first kappa shape index (κ1) is 29.6. The molecule has 1 aliphatic carbocycles. The highest BCUT2D eigenvalue weighted by molar-refractivity contribution is 5.55. The average Bonchev–Trinajstić information content (AvgIpc) is 2.97. The summed E-state index contributed by atoms with van der Waals surface area (Å²) in [7, 11) is 0.